The number of aromatic nitrogens is 4. The summed E-state index contributed by atoms with van der Waals surface area (Å²) in [5.74, 6) is 0.629. The van der Waals surface area contributed by atoms with Crippen LogP contribution < -0.4 is 10.6 Å². The van der Waals surface area contributed by atoms with Crippen LogP contribution in [0.4, 0.5) is 10.6 Å². The fourth-order valence-corrected chi connectivity index (χ4v) is 3.96. The predicted octanol–water partition coefficient (Wildman–Crippen LogP) is 3.32. The Hall–Kier alpha value is -2.84. The Kier molecular flexibility index (Phi) is 6.71. The largest absolute Gasteiger partial charge is 0.446 e. The zero-order chi connectivity index (χ0) is 22.8. The summed E-state index contributed by atoms with van der Waals surface area (Å²) >= 11 is 0. The van der Waals surface area contributed by atoms with Crippen LogP contribution in [0.15, 0.2) is 18.5 Å². The first-order chi connectivity index (χ1) is 14.5. The third-order valence-corrected chi connectivity index (χ3v) is 5.25. The second kappa shape index (κ2) is 9.11. The Morgan fingerprint density at radius 3 is 2.65 bits per heavy atom. The van der Waals surface area contributed by atoms with Crippen molar-refractivity contribution in [3.05, 3.63) is 29.7 Å². The topological polar surface area (TPSA) is 103 Å². The van der Waals surface area contributed by atoms with E-state index in [1.807, 2.05) is 37.8 Å². The van der Waals surface area contributed by atoms with E-state index in [1.54, 1.807) is 10.9 Å². The number of hydrogen-bond acceptors (Lipinski definition) is 5. The molecule has 3 rings (SSSR count). The first kappa shape index (κ1) is 22.8. The number of alkyl carbamates (subject to hydrolysis) is 1. The number of aryl methyl sites for hydroxylation is 1. The smallest absolute Gasteiger partial charge is 0.407 e. The minimum Gasteiger partial charge on any atom is -0.446 e. The van der Waals surface area contributed by atoms with Gasteiger partial charge in [0.2, 0.25) is 5.91 Å². The summed E-state index contributed by atoms with van der Waals surface area (Å²) in [6.45, 7) is 10.1. The van der Waals surface area contributed by atoms with Crippen LogP contribution >= 0.6 is 0 Å². The molecule has 0 radical (unpaired) electrons. The molecule has 2 amide bonds. The molecular weight excluding hydrogens is 396 g/mol. The number of amides is 2. The molecule has 0 saturated heterocycles. The SMILES string of the molecule is CC(C)NC(=O)O[C@@H]1CC[C@H](c2cc(NC(=O)Cc3cnn(C)c3)nn2C(C)(C)C)C1. The number of ether oxygens (including phenoxy) is 1. The molecule has 0 aromatic carbocycles. The van der Waals surface area contributed by atoms with E-state index in [2.05, 4.69) is 41.6 Å². The fourth-order valence-electron chi connectivity index (χ4n) is 3.96. The van der Waals surface area contributed by atoms with E-state index in [0.29, 0.717) is 5.82 Å². The number of nitrogens with zero attached hydrogens (tertiary/aromatic N) is 4. The molecule has 9 nitrogen and oxygen atoms in total. The van der Waals surface area contributed by atoms with Crippen LogP contribution in [0.3, 0.4) is 0 Å². The van der Waals surface area contributed by atoms with Gasteiger partial charge in [-0.1, -0.05) is 0 Å². The molecule has 0 aliphatic heterocycles. The minimum atomic E-state index is -0.367. The maximum Gasteiger partial charge on any atom is 0.407 e. The van der Waals surface area contributed by atoms with Gasteiger partial charge in [-0.2, -0.15) is 10.2 Å². The van der Waals surface area contributed by atoms with Gasteiger partial charge >= 0.3 is 6.09 Å². The van der Waals surface area contributed by atoms with Gasteiger partial charge in [0.15, 0.2) is 5.82 Å². The number of anilines is 1. The van der Waals surface area contributed by atoms with Gasteiger partial charge < -0.3 is 15.4 Å². The molecule has 1 saturated carbocycles. The zero-order valence-electron chi connectivity index (χ0n) is 19.3. The average molecular weight is 431 g/mol. The van der Waals surface area contributed by atoms with Crippen LogP contribution in [0.5, 0.6) is 0 Å². The standard InChI is InChI=1S/C22H34N6O3/c1-14(2)24-21(30)31-17-8-7-16(10-17)18-11-19(26-28(18)22(3,4)5)25-20(29)9-15-12-23-27(6)13-15/h11-14,16-17H,7-10H2,1-6H3,(H,24,30)(H,25,26,29)/t16-,17+/m0/s1. The predicted molar refractivity (Wildman–Crippen MR) is 118 cm³/mol. The normalized spacial score (nSPS) is 18.9. The van der Waals surface area contributed by atoms with Crippen LogP contribution in [-0.2, 0) is 28.5 Å². The van der Waals surface area contributed by atoms with Crippen molar-refractivity contribution < 1.29 is 14.3 Å². The molecule has 2 atom stereocenters. The molecule has 31 heavy (non-hydrogen) atoms. The molecule has 2 heterocycles. The van der Waals surface area contributed by atoms with E-state index in [0.717, 1.165) is 30.5 Å². The van der Waals surface area contributed by atoms with Gasteiger partial charge in [0.05, 0.1) is 18.2 Å². The maximum atomic E-state index is 12.5. The molecule has 170 valence electrons. The lowest BCUT2D eigenvalue weighted by atomic mass is 10.0. The van der Waals surface area contributed by atoms with Gasteiger partial charge in [0.1, 0.15) is 6.10 Å². The molecule has 2 N–H and O–H groups in total. The van der Waals surface area contributed by atoms with Crippen LogP contribution in [0.2, 0.25) is 0 Å². The lowest BCUT2D eigenvalue weighted by Crippen LogP contribution is -2.33. The fraction of sp³-hybridized carbons (Fsp3) is 0.636. The molecule has 0 bridgehead atoms. The Morgan fingerprint density at radius 1 is 1.29 bits per heavy atom. The van der Waals surface area contributed by atoms with Crippen LogP contribution in [0, 0.1) is 0 Å². The van der Waals surface area contributed by atoms with Gasteiger partial charge in [-0.05, 0) is 59.4 Å². The van der Waals surface area contributed by atoms with Crippen molar-refractivity contribution in [1.29, 1.82) is 0 Å². The quantitative estimate of drug-likeness (QED) is 0.732. The van der Waals surface area contributed by atoms with Crippen molar-refractivity contribution in [2.75, 3.05) is 5.32 Å². The molecule has 1 fully saturated rings. The molecule has 0 unspecified atom stereocenters. The summed E-state index contributed by atoms with van der Waals surface area (Å²) in [4.78, 5) is 24.4. The van der Waals surface area contributed by atoms with E-state index >= 15 is 0 Å². The Bertz CT molecular complexity index is 924. The van der Waals surface area contributed by atoms with Crippen molar-refractivity contribution in [1.82, 2.24) is 24.9 Å². The molecule has 2 aromatic rings. The third kappa shape index (κ3) is 6.08. The van der Waals surface area contributed by atoms with Crippen molar-refractivity contribution >= 4 is 17.8 Å². The number of rotatable bonds is 6. The molecule has 0 spiro atoms. The van der Waals surface area contributed by atoms with Gasteiger partial charge in [-0.3, -0.25) is 14.2 Å². The highest BCUT2D eigenvalue weighted by molar-refractivity contribution is 5.91. The number of carbonyl (C=O) groups is 2. The minimum absolute atomic E-state index is 0.0462. The van der Waals surface area contributed by atoms with E-state index in [9.17, 15) is 9.59 Å². The van der Waals surface area contributed by atoms with E-state index in [-0.39, 0.29) is 42.0 Å². The third-order valence-electron chi connectivity index (χ3n) is 5.25. The lowest BCUT2D eigenvalue weighted by Gasteiger charge is -2.24. The summed E-state index contributed by atoms with van der Waals surface area (Å²) in [5.41, 5.74) is 1.67. The van der Waals surface area contributed by atoms with Crippen LogP contribution in [0.1, 0.15) is 71.1 Å². The van der Waals surface area contributed by atoms with Crippen LogP contribution in [-0.4, -0.2) is 43.7 Å². The highest BCUT2D eigenvalue weighted by Crippen LogP contribution is 2.38. The number of hydrogen-bond donors (Lipinski definition) is 2. The summed E-state index contributed by atoms with van der Waals surface area (Å²) in [6, 6.07) is 2.00. The van der Waals surface area contributed by atoms with Crippen molar-refractivity contribution in [3.63, 3.8) is 0 Å². The first-order valence-corrected chi connectivity index (χ1v) is 10.9. The van der Waals surface area contributed by atoms with E-state index in [4.69, 9.17) is 4.74 Å². The molecule has 9 heteroatoms. The second-order valence-electron chi connectivity index (χ2n) is 9.62. The van der Waals surface area contributed by atoms with E-state index < -0.39 is 0 Å². The second-order valence-corrected chi connectivity index (χ2v) is 9.62. The van der Waals surface area contributed by atoms with Gasteiger partial charge in [-0.15, -0.1) is 0 Å². The Morgan fingerprint density at radius 2 is 2.03 bits per heavy atom. The zero-order valence-corrected chi connectivity index (χ0v) is 19.3. The summed E-state index contributed by atoms with van der Waals surface area (Å²) in [5, 5.41) is 14.5. The van der Waals surface area contributed by atoms with E-state index in [1.165, 1.54) is 0 Å². The highest BCUT2D eigenvalue weighted by atomic mass is 16.6. The Labute approximate surface area is 183 Å². The number of nitrogens with one attached hydrogen (secondary N) is 2. The monoisotopic (exact) mass is 430 g/mol. The first-order valence-electron chi connectivity index (χ1n) is 10.9. The van der Waals surface area contributed by atoms with Gasteiger partial charge in [-0.25, -0.2) is 4.79 Å². The Balaban J connectivity index is 1.69. The summed E-state index contributed by atoms with van der Waals surface area (Å²) in [6.07, 6.45) is 5.74. The summed E-state index contributed by atoms with van der Waals surface area (Å²) < 4.78 is 9.24. The van der Waals surface area contributed by atoms with Crippen molar-refractivity contribution in [2.45, 2.75) is 83.9 Å². The molecule has 1 aliphatic carbocycles. The van der Waals surface area contributed by atoms with Gasteiger partial charge in [0, 0.05) is 37.0 Å². The highest BCUT2D eigenvalue weighted by Gasteiger charge is 2.33. The molecule has 2 aromatic heterocycles. The molecular formula is C22H34N6O3. The van der Waals surface area contributed by atoms with Crippen LogP contribution in [0.25, 0.3) is 0 Å². The van der Waals surface area contributed by atoms with Crippen molar-refractivity contribution in [2.24, 2.45) is 7.05 Å². The van der Waals surface area contributed by atoms with Crippen molar-refractivity contribution in [3.8, 4) is 0 Å². The lowest BCUT2D eigenvalue weighted by molar-refractivity contribution is -0.115. The molecule has 1 aliphatic rings. The summed E-state index contributed by atoms with van der Waals surface area (Å²) in [7, 11) is 1.82. The van der Waals surface area contributed by atoms with Gasteiger partial charge in [0.25, 0.3) is 0 Å². The maximum absolute atomic E-state index is 12.5. The average Bonchev–Trinajstić information content (AvgIpc) is 3.33. The number of carbonyl (C=O) groups excluding carboxylic acids is 2.